The van der Waals surface area contributed by atoms with Crippen LogP contribution in [0.15, 0.2) is 65.7 Å². The minimum atomic E-state index is -4.69. The lowest BCUT2D eigenvalue weighted by Gasteiger charge is -2.32. The molecule has 0 aliphatic carbocycles. The van der Waals surface area contributed by atoms with Crippen molar-refractivity contribution in [1.29, 1.82) is 0 Å². The Morgan fingerprint density at radius 1 is 0.620 bits per heavy atom. The van der Waals surface area contributed by atoms with Crippen molar-refractivity contribution in [3.05, 3.63) is 88.9 Å². The summed E-state index contributed by atoms with van der Waals surface area (Å²) in [5, 5.41) is 14.1. The average molecular weight is 1100 g/mol. The number of nitrogens with zero attached hydrogens (tertiary/aromatic N) is 8. The molecule has 2 atom stereocenters. The molecule has 0 aromatic carbocycles. The van der Waals surface area contributed by atoms with Crippen LogP contribution in [0.2, 0.25) is 0 Å². The highest BCUT2D eigenvalue weighted by atomic mass is 79.9. The van der Waals surface area contributed by atoms with Crippen LogP contribution >= 0.6 is 15.9 Å². The summed E-state index contributed by atoms with van der Waals surface area (Å²) in [5.74, 6) is -4.98. The van der Waals surface area contributed by atoms with Gasteiger partial charge in [0.05, 0.1) is 24.4 Å². The Morgan fingerprint density at radius 3 is 1.46 bits per heavy atom. The summed E-state index contributed by atoms with van der Waals surface area (Å²) in [6.45, 7) is 11.3. The van der Waals surface area contributed by atoms with E-state index in [0.717, 1.165) is 36.6 Å². The quantitative estimate of drug-likeness (QED) is 0.0850. The van der Waals surface area contributed by atoms with Crippen LogP contribution < -0.4 is 14.9 Å². The number of aromatic nitrogens is 8. The van der Waals surface area contributed by atoms with Gasteiger partial charge in [-0.15, -0.1) is 20.4 Å². The third-order valence-corrected chi connectivity index (χ3v) is 10.4. The predicted molar refractivity (Wildman–Crippen MR) is 240 cm³/mol. The Kier molecular flexibility index (Phi) is 20.4. The molecule has 6 aromatic heterocycles. The van der Waals surface area contributed by atoms with Crippen LogP contribution in [-0.4, -0.2) is 95.3 Å². The van der Waals surface area contributed by atoms with Crippen LogP contribution in [0.3, 0.4) is 0 Å². The van der Waals surface area contributed by atoms with Gasteiger partial charge in [0.15, 0.2) is 35.1 Å². The van der Waals surface area contributed by atoms with E-state index in [2.05, 4.69) is 65.2 Å². The summed E-state index contributed by atoms with van der Waals surface area (Å²) in [7, 11) is -0.851. The molecule has 28 heteroatoms. The molecule has 7 heterocycles. The van der Waals surface area contributed by atoms with Gasteiger partial charge in [0.2, 0.25) is 11.6 Å². The van der Waals surface area contributed by atoms with Crippen molar-refractivity contribution in [1.82, 2.24) is 39.2 Å². The second-order valence-electron chi connectivity index (χ2n) is 15.4. The molecule has 14 nitrogen and oxygen atoms in total. The molecule has 0 amide bonds. The molecular formula is C43H52BBrF12N8O6. The van der Waals surface area contributed by atoms with Crippen LogP contribution in [0, 0.1) is 11.6 Å². The largest absolute Gasteiger partial charge is 0.496 e. The molecule has 1 aliphatic rings. The van der Waals surface area contributed by atoms with Crippen LogP contribution in [0.1, 0.15) is 89.3 Å². The van der Waals surface area contributed by atoms with E-state index >= 15 is 0 Å². The third-order valence-electron chi connectivity index (χ3n) is 9.93. The first kappa shape index (κ1) is 61.8. The zero-order valence-electron chi connectivity index (χ0n) is 36.9. The van der Waals surface area contributed by atoms with Crippen LogP contribution in [0.5, 0.6) is 11.8 Å². The van der Waals surface area contributed by atoms with Crippen LogP contribution in [0.4, 0.5) is 52.7 Å². The van der Waals surface area contributed by atoms with Gasteiger partial charge < -0.3 is 28.3 Å². The number of alkyl halides is 10. The van der Waals surface area contributed by atoms with Crippen molar-refractivity contribution in [3.63, 3.8) is 0 Å². The molecule has 0 radical (unpaired) electrons. The van der Waals surface area contributed by atoms with Gasteiger partial charge in [0.25, 0.3) is 11.8 Å². The summed E-state index contributed by atoms with van der Waals surface area (Å²) < 4.78 is 190. The van der Waals surface area contributed by atoms with Crippen molar-refractivity contribution in [2.24, 2.45) is 0 Å². The van der Waals surface area contributed by atoms with Crippen molar-refractivity contribution in [3.8, 4) is 22.9 Å². The minimum Gasteiger partial charge on any atom is -0.463 e. The molecule has 0 spiro atoms. The van der Waals surface area contributed by atoms with Gasteiger partial charge in [-0.2, -0.15) is 43.9 Å². The Morgan fingerprint density at radius 2 is 1.04 bits per heavy atom. The summed E-state index contributed by atoms with van der Waals surface area (Å²) in [6, 6.07) is 7.99. The summed E-state index contributed by atoms with van der Waals surface area (Å²) in [6.07, 6.45) is -15.9. The van der Waals surface area contributed by atoms with Gasteiger partial charge in [-0.3, -0.25) is 8.80 Å². The maximum Gasteiger partial charge on any atom is 0.496 e. The molecule has 0 unspecified atom stereocenters. The standard InChI is InChI=1S/C17H14F6N4O2.C14H18BF4NO3.C9H8BrF2N3O.3CH4/c1-3-28-17(22,23)15-26-25-13-5-4-10(8-27(13)15)11-6-12(18)14(24-7-11)29-9(2)16(19,20)21;1-8(14(17,18)19)21-11-10(16)6-9(7-20-11)15-22-12(2,3)13(4,5)23-15;1-2-16-9(11,12)8-14-13-7-4-3-6(10)5-15(7)8;;;/h4-9H,3H2,1-2H3;6-8H,1-5H3;3-5H,2H2,1H3;3*1H4/t9-;8-;;;;/m00..../s1. The SMILES string of the molecule is C.C.C.CCOC(F)(F)c1nnc2ccc(-c3cnc(O[C@@H](C)C(F)(F)F)c(F)c3)cn12.CCOC(F)(F)c1nnc2ccc(Br)cn12.C[C@H](Oc1ncc(B2OC(C)(C)C(C)(C)O2)cc1F)C(F)(F)F. The third kappa shape index (κ3) is 14.7. The fraction of sp³-hybridized carbons (Fsp3) is 0.488. The van der Waals surface area contributed by atoms with E-state index < -0.39 is 90.1 Å². The van der Waals surface area contributed by atoms with E-state index in [-0.39, 0.29) is 57.7 Å². The fourth-order valence-corrected chi connectivity index (χ4v) is 5.93. The predicted octanol–water partition coefficient (Wildman–Crippen LogP) is 11.7. The van der Waals surface area contributed by atoms with Gasteiger partial charge in [-0.1, -0.05) is 22.3 Å². The zero-order chi connectivity index (χ0) is 50.8. The minimum absolute atomic E-state index is 0. The molecule has 7 rings (SSSR count). The number of ether oxygens (including phenoxy) is 4. The van der Waals surface area contributed by atoms with E-state index in [1.807, 2.05) is 27.7 Å². The molecule has 6 aromatic rings. The van der Waals surface area contributed by atoms with Gasteiger partial charge in [0.1, 0.15) is 0 Å². The number of pyridine rings is 4. The Labute approximate surface area is 409 Å². The normalized spacial score (nSPS) is 15.3. The maximum absolute atomic E-state index is 14.2. The molecule has 1 fully saturated rings. The smallest absolute Gasteiger partial charge is 0.463 e. The van der Waals surface area contributed by atoms with E-state index in [4.69, 9.17) is 9.31 Å². The van der Waals surface area contributed by atoms with Gasteiger partial charge >= 0.3 is 31.7 Å². The Hall–Kier alpha value is -5.32. The van der Waals surface area contributed by atoms with Gasteiger partial charge in [-0.25, -0.2) is 18.7 Å². The van der Waals surface area contributed by atoms with E-state index in [9.17, 15) is 52.7 Å². The molecule has 1 saturated heterocycles. The first-order valence-electron chi connectivity index (χ1n) is 19.9. The average Bonchev–Trinajstić information content (AvgIpc) is 3.92. The molecule has 0 bridgehead atoms. The van der Waals surface area contributed by atoms with Gasteiger partial charge in [0, 0.05) is 45.8 Å². The van der Waals surface area contributed by atoms with Crippen LogP contribution in [0.25, 0.3) is 22.4 Å². The lowest BCUT2D eigenvalue weighted by atomic mass is 9.80. The first-order chi connectivity index (χ1) is 31.4. The number of hydrogen-bond donors (Lipinski definition) is 0. The van der Waals surface area contributed by atoms with Crippen molar-refractivity contribution >= 4 is 39.8 Å². The molecule has 1 aliphatic heterocycles. The lowest BCUT2D eigenvalue weighted by Crippen LogP contribution is -2.41. The molecule has 0 saturated carbocycles. The fourth-order valence-electron chi connectivity index (χ4n) is 5.59. The Balaban J connectivity index is 0.000000371. The topological polar surface area (TPSA) is 142 Å². The van der Waals surface area contributed by atoms with Crippen molar-refractivity contribution in [2.75, 3.05) is 13.2 Å². The molecule has 394 valence electrons. The number of fused-ring (bicyclic) bond motifs is 2. The van der Waals surface area contributed by atoms with Crippen molar-refractivity contribution in [2.45, 2.75) is 126 Å². The summed E-state index contributed by atoms with van der Waals surface area (Å²) in [5.41, 5.74) is -0.160. The molecule has 71 heavy (non-hydrogen) atoms. The first-order valence-corrected chi connectivity index (χ1v) is 20.7. The number of rotatable bonds is 12. The second-order valence-corrected chi connectivity index (χ2v) is 16.3. The maximum atomic E-state index is 14.2. The second kappa shape index (κ2) is 23.5. The summed E-state index contributed by atoms with van der Waals surface area (Å²) in [4.78, 5) is 7.18. The van der Waals surface area contributed by atoms with E-state index in [1.54, 1.807) is 12.1 Å². The molecule has 0 N–H and O–H groups in total. The highest BCUT2D eigenvalue weighted by molar-refractivity contribution is 9.10. The zero-order valence-corrected chi connectivity index (χ0v) is 38.4. The Bertz CT molecular complexity index is 2680. The lowest BCUT2D eigenvalue weighted by molar-refractivity contribution is -0.252. The highest BCUT2D eigenvalue weighted by Crippen LogP contribution is 2.37. The monoisotopic (exact) mass is 1090 g/mol. The van der Waals surface area contributed by atoms with E-state index in [1.165, 1.54) is 49.0 Å². The number of halogens is 13. The van der Waals surface area contributed by atoms with Crippen LogP contribution in [-0.2, 0) is 31.0 Å². The van der Waals surface area contributed by atoms with E-state index in [0.29, 0.717) is 10.1 Å². The van der Waals surface area contributed by atoms with Crippen molar-refractivity contribution < 1.29 is 80.9 Å². The van der Waals surface area contributed by atoms with Gasteiger partial charge in [-0.05, 0) is 108 Å². The molecular weight excluding hydrogens is 1040 g/mol. The summed E-state index contributed by atoms with van der Waals surface area (Å²) >= 11 is 3.19. The highest BCUT2D eigenvalue weighted by Gasteiger charge is 2.52. The number of hydrogen-bond acceptors (Lipinski definition) is 12.